The van der Waals surface area contributed by atoms with Crippen LogP contribution < -0.4 is 14.8 Å². The highest BCUT2D eigenvalue weighted by molar-refractivity contribution is 6.01. The fourth-order valence-electron chi connectivity index (χ4n) is 2.71. The number of anilines is 1. The van der Waals surface area contributed by atoms with E-state index < -0.39 is 0 Å². The summed E-state index contributed by atoms with van der Waals surface area (Å²) in [5.74, 6) is 0.795. The van der Waals surface area contributed by atoms with Gasteiger partial charge in [0.1, 0.15) is 6.07 Å². The van der Waals surface area contributed by atoms with Crippen LogP contribution in [0.1, 0.15) is 37.3 Å². The normalized spacial score (nSPS) is 10.5. The van der Waals surface area contributed by atoms with Crippen LogP contribution in [-0.4, -0.2) is 19.6 Å². The third kappa shape index (κ3) is 6.81. The molecule has 5 heteroatoms. The first kappa shape index (κ1) is 21.0. The first-order valence-electron chi connectivity index (χ1n) is 9.42. The number of amides is 1. The van der Waals surface area contributed by atoms with Crippen LogP contribution in [0.15, 0.2) is 48.5 Å². The van der Waals surface area contributed by atoms with E-state index in [0.717, 1.165) is 17.7 Å². The average molecular weight is 378 g/mol. The number of hydrogen-bond acceptors (Lipinski definition) is 4. The summed E-state index contributed by atoms with van der Waals surface area (Å²) in [7, 11) is 1.53. The van der Waals surface area contributed by atoms with E-state index in [4.69, 9.17) is 14.7 Å². The van der Waals surface area contributed by atoms with Gasteiger partial charge in [-0.2, -0.15) is 5.26 Å². The molecule has 5 nitrogen and oxygen atoms in total. The average Bonchev–Trinajstić information content (AvgIpc) is 2.72. The highest BCUT2D eigenvalue weighted by Gasteiger charge is 2.05. The zero-order valence-electron chi connectivity index (χ0n) is 16.4. The lowest BCUT2D eigenvalue weighted by atomic mass is 10.1. The van der Waals surface area contributed by atoms with Gasteiger partial charge in [-0.1, -0.05) is 38.0 Å². The number of aryl methyl sites for hydroxylation is 1. The minimum absolute atomic E-state index is 0.0503. The van der Waals surface area contributed by atoms with Crippen LogP contribution in [0, 0.1) is 11.3 Å². The van der Waals surface area contributed by atoms with E-state index in [1.54, 1.807) is 24.3 Å². The molecule has 1 amide bonds. The largest absolute Gasteiger partial charge is 0.493 e. The molecule has 146 valence electrons. The van der Waals surface area contributed by atoms with Crippen LogP contribution in [0.3, 0.4) is 0 Å². The molecule has 0 unspecified atom stereocenters. The first-order valence-corrected chi connectivity index (χ1v) is 9.42. The number of unbranched alkanes of at least 4 members (excludes halogenated alkanes) is 2. The maximum atomic E-state index is 12.2. The van der Waals surface area contributed by atoms with Gasteiger partial charge < -0.3 is 14.8 Å². The van der Waals surface area contributed by atoms with Crippen molar-refractivity contribution in [3.8, 4) is 17.6 Å². The molecule has 0 aliphatic heterocycles. The topological polar surface area (TPSA) is 71.3 Å². The standard InChI is InChI=1S/C23H26N2O3/c1-3-4-5-6-18-7-11-20(12-8-18)25-23(26)14-10-19-9-13-21(28-16-15-24)22(17-19)27-2/h7-14,17H,3-6,16H2,1-2H3,(H,25,26)/b14-10+. The maximum absolute atomic E-state index is 12.2. The van der Waals surface area contributed by atoms with Crippen LogP contribution in [-0.2, 0) is 11.2 Å². The van der Waals surface area contributed by atoms with Crippen molar-refractivity contribution in [2.45, 2.75) is 32.6 Å². The molecule has 0 bridgehead atoms. The van der Waals surface area contributed by atoms with Crippen LogP contribution in [0.4, 0.5) is 5.69 Å². The number of nitrogens with zero attached hydrogens (tertiary/aromatic N) is 1. The summed E-state index contributed by atoms with van der Waals surface area (Å²) in [6, 6.07) is 15.1. The molecule has 0 radical (unpaired) electrons. The summed E-state index contributed by atoms with van der Waals surface area (Å²) in [5.41, 5.74) is 2.85. The van der Waals surface area contributed by atoms with Crippen molar-refractivity contribution in [1.82, 2.24) is 0 Å². The fourth-order valence-corrected chi connectivity index (χ4v) is 2.71. The molecule has 0 fully saturated rings. The fraction of sp³-hybridized carbons (Fsp3) is 0.304. The SMILES string of the molecule is CCCCCc1ccc(NC(=O)/C=C/c2ccc(OCC#N)c(OC)c2)cc1. The molecular formula is C23H26N2O3. The number of rotatable bonds is 10. The van der Waals surface area contributed by atoms with Gasteiger partial charge in [0.05, 0.1) is 7.11 Å². The lowest BCUT2D eigenvalue weighted by molar-refractivity contribution is -0.111. The van der Waals surface area contributed by atoms with Crippen LogP contribution in [0.25, 0.3) is 6.08 Å². The minimum Gasteiger partial charge on any atom is -0.493 e. The zero-order valence-corrected chi connectivity index (χ0v) is 16.4. The summed E-state index contributed by atoms with van der Waals surface area (Å²) in [6.07, 6.45) is 7.87. The summed E-state index contributed by atoms with van der Waals surface area (Å²) in [5, 5.41) is 11.5. The van der Waals surface area contributed by atoms with Gasteiger partial charge in [-0.05, 0) is 54.3 Å². The molecule has 0 atom stereocenters. The molecule has 0 aliphatic carbocycles. The second-order valence-electron chi connectivity index (χ2n) is 6.33. The lowest BCUT2D eigenvalue weighted by Crippen LogP contribution is -2.07. The first-order chi connectivity index (χ1) is 13.7. The Labute approximate surface area is 166 Å². The second-order valence-corrected chi connectivity index (χ2v) is 6.33. The molecule has 0 saturated heterocycles. The molecule has 28 heavy (non-hydrogen) atoms. The van der Waals surface area contributed by atoms with Crippen molar-refractivity contribution in [2.24, 2.45) is 0 Å². The number of hydrogen-bond donors (Lipinski definition) is 1. The maximum Gasteiger partial charge on any atom is 0.248 e. The molecule has 0 heterocycles. The van der Waals surface area contributed by atoms with E-state index in [0.29, 0.717) is 11.5 Å². The Bertz CT molecular complexity index is 836. The lowest BCUT2D eigenvalue weighted by Gasteiger charge is -2.08. The van der Waals surface area contributed by atoms with E-state index in [1.165, 1.54) is 38.0 Å². The number of nitriles is 1. The number of carbonyl (C=O) groups is 1. The third-order valence-corrected chi connectivity index (χ3v) is 4.20. The molecule has 2 aromatic rings. The summed E-state index contributed by atoms with van der Waals surface area (Å²) in [4.78, 5) is 12.2. The Morgan fingerprint density at radius 3 is 2.61 bits per heavy atom. The van der Waals surface area contributed by atoms with E-state index in [9.17, 15) is 4.79 Å². The van der Waals surface area contributed by atoms with Crippen molar-refractivity contribution in [2.75, 3.05) is 19.0 Å². The van der Waals surface area contributed by atoms with Crippen molar-refractivity contribution >= 4 is 17.7 Å². The van der Waals surface area contributed by atoms with Gasteiger partial charge in [0.2, 0.25) is 5.91 Å². The Morgan fingerprint density at radius 2 is 1.93 bits per heavy atom. The van der Waals surface area contributed by atoms with E-state index in [2.05, 4.69) is 24.4 Å². The highest BCUT2D eigenvalue weighted by Crippen LogP contribution is 2.28. The van der Waals surface area contributed by atoms with Crippen LogP contribution in [0.5, 0.6) is 11.5 Å². The zero-order chi connectivity index (χ0) is 20.2. The van der Waals surface area contributed by atoms with Gasteiger partial charge in [0.15, 0.2) is 18.1 Å². The number of methoxy groups -OCH3 is 1. The Morgan fingerprint density at radius 1 is 1.14 bits per heavy atom. The van der Waals surface area contributed by atoms with Gasteiger partial charge >= 0.3 is 0 Å². The predicted octanol–water partition coefficient (Wildman–Crippen LogP) is 4.98. The Balaban J connectivity index is 1.93. The number of nitrogens with one attached hydrogen (secondary N) is 1. The number of benzene rings is 2. The molecule has 0 spiro atoms. The highest BCUT2D eigenvalue weighted by atomic mass is 16.5. The van der Waals surface area contributed by atoms with Gasteiger partial charge in [0, 0.05) is 11.8 Å². The quantitative estimate of drug-likeness (QED) is 0.467. The monoisotopic (exact) mass is 378 g/mol. The van der Waals surface area contributed by atoms with Crippen molar-refractivity contribution in [3.63, 3.8) is 0 Å². The molecule has 0 saturated carbocycles. The van der Waals surface area contributed by atoms with E-state index >= 15 is 0 Å². The predicted molar refractivity (Wildman–Crippen MR) is 111 cm³/mol. The molecule has 2 rings (SSSR count). The number of carbonyl (C=O) groups excluding carboxylic acids is 1. The van der Waals surface area contributed by atoms with Crippen molar-refractivity contribution in [1.29, 1.82) is 5.26 Å². The minimum atomic E-state index is -0.206. The molecular weight excluding hydrogens is 352 g/mol. The number of ether oxygens (including phenoxy) is 2. The molecule has 2 aromatic carbocycles. The van der Waals surface area contributed by atoms with Gasteiger partial charge in [0.25, 0.3) is 0 Å². The van der Waals surface area contributed by atoms with Crippen molar-refractivity contribution in [3.05, 3.63) is 59.7 Å². The van der Waals surface area contributed by atoms with Gasteiger partial charge in [-0.25, -0.2) is 0 Å². The molecule has 0 aliphatic rings. The third-order valence-electron chi connectivity index (χ3n) is 4.20. The van der Waals surface area contributed by atoms with Crippen molar-refractivity contribution < 1.29 is 14.3 Å². The molecule has 1 N–H and O–H groups in total. The van der Waals surface area contributed by atoms with Crippen LogP contribution in [0.2, 0.25) is 0 Å². The second kappa shape index (κ2) is 11.5. The van der Waals surface area contributed by atoms with E-state index in [1.807, 2.05) is 18.2 Å². The summed E-state index contributed by atoms with van der Waals surface area (Å²) < 4.78 is 10.6. The van der Waals surface area contributed by atoms with Gasteiger partial charge in [-0.3, -0.25) is 4.79 Å². The van der Waals surface area contributed by atoms with E-state index in [-0.39, 0.29) is 12.5 Å². The van der Waals surface area contributed by atoms with Gasteiger partial charge in [-0.15, -0.1) is 0 Å². The summed E-state index contributed by atoms with van der Waals surface area (Å²) in [6.45, 7) is 2.14. The Hall–Kier alpha value is -3.26. The van der Waals surface area contributed by atoms with Crippen LogP contribution >= 0.6 is 0 Å². The smallest absolute Gasteiger partial charge is 0.248 e. The Kier molecular flexibility index (Phi) is 8.61. The summed E-state index contributed by atoms with van der Waals surface area (Å²) >= 11 is 0. The molecule has 0 aromatic heterocycles.